The molecule has 0 unspecified atom stereocenters. The first kappa shape index (κ1) is 20.1. The third-order valence-electron chi connectivity index (χ3n) is 5.59. The van der Waals surface area contributed by atoms with Crippen LogP contribution in [0.5, 0.6) is 0 Å². The number of nitrogens with two attached hydrogens (primary N) is 2. The van der Waals surface area contributed by atoms with Crippen LogP contribution in [0.4, 0.5) is 5.69 Å². The van der Waals surface area contributed by atoms with E-state index >= 15 is 0 Å². The normalized spacial score (nSPS) is 21.0. The maximum atomic E-state index is 12.8. The Morgan fingerprint density at radius 3 is 2.23 bits per heavy atom. The van der Waals surface area contributed by atoms with E-state index in [-0.39, 0.29) is 5.91 Å². The molecular formula is C19H28Br2N4O. The van der Waals surface area contributed by atoms with Crippen molar-refractivity contribution < 1.29 is 4.79 Å². The molecule has 7 heteroatoms. The predicted molar refractivity (Wildman–Crippen MR) is 113 cm³/mol. The van der Waals surface area contributed by atoms with Gasteiger partial charge in [0.1, 0.15) is 0 Å². The van der Waals surface area contributed by atoms with Gasteiger partial charge in [0, 0.05) is 28.1 Å². The van der Waals surface area contributed by atoms with E-state index in [0.29, 0.717) is 18.2 Å². The molecule has 1 aromatic carbocycles. The van der Waals surface area contributed by atoms with Gasteiger partial charge in [-0.15, -0.1) is 0 Å². The number of carbonyl (C=O) groups excluding carboxylic acids is 1. The second-order valence-corrected chi connectivity index (χ2v) is 9.15. The van der Waals surface area contributed by atoms with E-state index in [1.54, 1.807) is 0 Å². The molecule has 0 radical (unpaired) electrons. The summed E-state index contributed by atoms with van der Waals surface area (Å²) in [7, 11) is 0. The van der Waals surface area contributed by atoms with Crippen LogP contribution in [0.3, 0.4) is 0 Å². The Kier molecular flexibility index (Phi) is 6.99. The number of halogens is 2. The third-order valence-corrected chi connectivity index (χ3v) is 6.91. The molecule has 1 atom stereocenters. The number of piperidine rings is 2. The molecule has 2 saturated heterocycles. The van der Waals surface area contributed by atoms with Gasteiger partial charge in [0.25, 0.3) is 0 Å². The van der Waals surface area contributed by atoms with Crippen LogP contribution in [-0.4, -0.2) is 54.0 Å². The molecule has 3 rings (SSSR count). The van der Waals surface area contributed by atoms with Crippen LogP contribution in [0.1, 0.15) is 37.7 Å². The fourth-order valence-corrected chi connectivity index (χ4v) is 5.35. The molecular weight excluding hydrogens is 460 g/mol. The molecule has 5 nitrogen and oxygen atoms in total. The lowest BCUT2D eigenvalue weighted by atomic mass is 9.98. The van der Waals surface area contributed by atoms with E-state index in [0.717, 1.165) is 40.4 Å². The van der Waals surface area contributed by atoms with Crippen molar-refractivity contribution in [3.8, 4) is 0 Å². The van der Waals surface area contributed by atoms with Gasteiger partial charge in [0.2, 0.25) is 5.91 Å². The summed E-state index contributed by atoms with van der Waals surface area (Å²) in [5.74, 6) is 0.0613. The number of nitrogen functional groups attached to an aromatic ring is 1. The number of benzene rings is 1. The largest absolute Gasteiger partial charge is 0.397 e. The van der Waals surface area contributed by atoms with E-state index in [4.69, 9.17) is 11.5 Å². The average molecular weight is 488 g/mol. The van der Waals surface area contributed by atoms with Crippen molar-refractivity contribution in [1.29, 1.82) is 0 Å². The molecule has 2 fully saturated rings. The van der Waals surface area contributed by atoms with E-state index in [1.807, 2.05) is 17.0 Å². The van der Waals surface area contributed by atoms with Gasteiger partial charge in [-0.2, -0.15) is 0 Å². The van der Waals surface area contributed by atoms with Gasteiger partial charge in [-0.05, 0) is 94.7 Å². The summed E-state index contributed by atoms with van der Waals surface area (Å²) < 4.78 is 1.65. The van der Waals surface area contributed by atoms with E-state index in [1.165, 1.54) is 32.4 Å². The Labute approximate surface area is 172 Å². The minimum absolute atomic E-state index is 0.0613. The quantitative estimate of drug-likeness (QED) is 0.639. The SMILES string of the molecule is Nc1c(Br)cc(C[C@H](N)C(=O)N2CCC(N3CCCCC3)CC2)cc1Br. The van der Waals surface area contributed by atoms with Crippen molar-refractivity contribution >= 4 is 43.5 Å². The van der Waals surface area contributed by atoms with Gasteiger partial charge in [0.05, 0.1) is 11.7 Å². The highest BCUT2D eigenvalue weighted by Crippen LogP contribution is 2.30. The molecule has 1 aromatic rings. The van der Waals surface area contributed by atoms with Crippen molar-refractivity contribution in [3.63, 3.8) is 0 Å². The van der Waals surface area contributed by atoms with Crippen molar-refractivity contribution in [2.45, 2.75) is 50.6 Å². The summed E-state index contributed by atoms with van der Waals surface area (Å²) in [5.41, 5.74) is 13.8. The van der Waals surface area contributed by atoms with Gasteiger partial charge in [0.15, 0.2) is 0 Å². The smallest absolute Gasteiger partial charge is 0.239 e. The lowest BCUT2D eigenvalue weighted by molar-refractivity contribution is -0.134. The highest BCUT2D eigenvalue weighted by Gasteiger charge is 2.29. The van der Waals surface area contributed by atoms with Crippen molar-refractivity contribution in [3.05, 3.63) is 26.6 Å². The highest BCUT2D eigenvalue weighted by atomic mass is 79.9. The zero-order chi connectivity index (χ0) is 18.7. The maximum absolute atomic E-state index is 12.8. The molecule has 1 amide bonds. The molecule has 26 heavy (non-hydrogen) atoms. The van der Waals surface area contributed by atoms with Crippen LogP contribution < -0.4 is 11.5 Å². The molecule has 4 N–H and O–H groups in total. The number of hydrogen-bond donors (Lipinski definition) is 2. The number of carbonyl (C=O) groups is 1. The summed E-state index contributed by atoms with van der Waals surface area (Å²) in [6.07, 6.45) is 6.64. The Morgan fingerprint density at radius 1 is 1.08 bits per heavy atom. The summed E-state index contributed by atoms with van der Waals surface area (Å²) in [4.78, 5) is 17.3. The van der Waals surface area contributed by atoms with Crippen LogP contribution in [0.25, 0.3) is 0 Å². The standard InChI is InChI=1S/C19H28Br2N4O/c20-15-10-13(11-16(21)18(15)23)12-17(22)19(26)25-8-4-14(5-9-25)24-6-2-1-3-7-24/h10-11,14,17H,1-9,12,22-23H2/t17-/m0/s1. The first-order valence-electron chi connectivity index (χ1n) is 9.47. The number of nitrogens with zero attached hydrogens (tertiary/aromatic N) is 2. The molecule has 2 aliphatic rings. The zero-order valence-electron chi connectivity index (χ0n) is 15.1. The van der Waals surface area contributed by atoms with Crippen LogP contribution in [0.2, 0.25) is 0 Å². The monoisotopic (exact) mass is 486 g/mol. The van der Waals surface area contributed by atoms with E-state index in [9.17, 15) is 4.79 Å². The van der Waals surface area contributed by atoms with Crippen molar-refractivity contribution in [2.24, 2.45) is 5.73 Å². The van der Waals surface area contributed by atoms with Crippen molar-refractivity contribution in [2.75, 3.05) is 31.9 Å². The Hall–Kier alpha value is -0.630. The Bertz CT molecular complexity index is 617. The van der Waals surface area contributed by atoms with Crippen LogP contribution >= 0.6 is 31.9 Å². The fourth-order valence-electron chi connectivity index (χ4n) is 4.07. The summed E-state index contributed by atoms with van der Waals surface area (Å²) in [6, 6.07) is 4.01. The minimum atomic E-state index is -0.510. The fraction of sp³-hybridized carbons (Fsp3) is 0.632. The Balaban J connectivity index is 1.53. The van der Waals surface area contributed by atoms with Gasteiger partial charge in [-0.3, -0.25) is 4.79 Å². The van der Waals surface area contributed by atoms with Crippen LogP contribution in [0.15, 0.2) is 21.1 Å². The molecule has 0 aromatic heterocycles. The molecule has 0 spiro atoms. The predicted octanol–water partition coefficient (Wildman–Crippen LogP) is 3.14. The summed E-state index contributed by atoms with van der Waals surface area (Å²) >= 11 is 6.90. The number of hydrogen-bond acceptors (Lipinski definition) is 4. The molecule has 0 saturated carbocycles. The number of anilines is 1. The van der Waals surface area contributed by atoms with E-state index < -0.39 is 6.04 Å². The first-order valence-corrected chi connectivity index (χ1v) is 11.1. The second kappa shape index (κ2) is 9.04. The summed E-state index contributed by atoms with van der Waals surface area (Å²) in [5, 5.41) is 0. The topological polar surface area (TPSA) is 75.6 Å². The first-order chi connectivity index (χ1) is 12.5. The lowest BCUT2D eigenvalue weighted by Crippen LogP contribution is -2.52. The minimum Gasteiger partial charge on any atom is -0.397 e. The molecule has 144 valence electrons. The second-order valence-electron chi connectivity index (χ2n) is 7.44. The third kappa shape index (κ3) is 4.80. The van der Waals surface area contributed by atoms with E-state index in [2.05, 4.69) is 36.8 Å². The highest BCUT2D eigenvalue weighted by molar-refractivity contribution is 9.11. The van der Waals surface area contributed by atoms with Crippen LogP contribution in [0, 0.1) is 0 Å². The summed E-state index contributed by atoms with van der Waals surface area (Å²) in [6.45, 7) is 4.09. The number of amides is 1. The average Bonchev–Trinajstić information content (AvgIpc) is 2.66. The van der Waals surface area contributed by atoms with Gasteiger partial charge < -0.3 is 21.3 Å². The van der Waals surface area contributed by atoms with Gasteiger partial charge in [-0.1, -0.05) is 6.42 Å². The Morgan fingerprint density at radius 2 is 1.65 bits per heavy atom. The zero-order valence-corrected chi connectivity index (χ0v) is 18.3. The van der Waals surface area contributed by atoms with Gasteiger partial charge >= 0.3 is 0 Å². The van der Waals surface area contributed by atoms with Crippen LogP contribution in [-0.2, 0) is 11.2 Å². The number of likely N-dealkylation sites (tertiary alicyclic amines) is 2. The molecule has 2 aliphatic heterocycles. The van der Waals surface area contributed by atoms with Gasteiger partial charge in [-0.25, -0.2) is 0 Å². The van der Waals surface area contributed by atoms with Crippen molar-refractivity contribution in [1.82, 2.24) is 9.80 Å². The lowest BCUT2D eigenvalue weighted by Gasteiger charge is -2.40. The molecule has 2 heterocycles. The number of rotatable bonds is 4. The molecule has 0 bridgehead atoms. The maximum Gasteiger partial charge on any atom is 0.239 e. The molecule has 0 aliphatic carbocycles.